The van der Waals surface area contributed by atoms with Crippen molar-refractivity contribution >= 4 is 27.3 Å². The van der Waals surface area contributed by atoms with Gasteiger partial charge in [-0.05, 0) is 30.9 Å². The van der Waals surface area contributed by atoms with Gasteiger partial charge in [-0.1, -0.05) is 18.2 Å². The number of rotatable bonds is 3. The third kappa shape index (κ3) is 3.61. The summed E-state index contributed by atoms with van der Waals surface area (Å²) in [5.41, 5.74) is 0.550. The lowest BCUT2D eigenvalue weighted by Gasteiger charge is -2.43. The highest BCUT2D eigenvalue weighted by molar-refractivity contribution is 7.91. The number of carbonyl (C=O) groups is 2. The van der Waals surface area contributed by atoms with Gasteiger partial charge >= 0.3 is 11.8 Å². The first-order valence-electron chi connectivity index (χ1n) is 9.04. The summed E-state index contributed by atoms with van der Waals surface area (Å²) in [7, 11) is -3.20. The number of para-hydroxylation sites is 1. The van der Waals surface area contributed by atoms with Crippen molar-refractivity contribution in [1.82, 2.24) is 9.80 Å². The molecule has 4 rings (SSSR count). The van der Waals surface area contributed by atoms with Gasteiger partial charge < -0.3 is 10.2 Å². The second-order valence-corrected chi connectivity index (χ2v) is 9.62. The summed E-state index contributed by atoms with van der Waals surface area (Å²) in [5, 5.41) is 2.60. The lowest BCUT2D eigenvalue weighted by atomic mass is 10.0. The van der Waals surface area contributed by atoms with Gasteiger partial charge in [0, 0.05) is 31.4 Å². The molecule has 3 aliphatic rings. The summed E-state index contributed by atoms with van der Waals surface area (Å²) >= 11 is 0. The van der Waals surface area contributed by atoms with Crippen LogP contribution in [0.1, 0.15) is 12.8 Å². The Kier molecular flexibility index (Phi) is 4.48. The largest absolute Gasteiger partial charge is 0.328 e. The molecule has 1 saturated carbocycles. The molecule has 2 heterocycles. The van der Waals surface area contributed by atoms with Crippen LogP contribution in [0, 0.1) is 5.92 Å². The summed E-state index contributed by atoms with van der Waals surface area (Å²) in [5.74, 6) is -0.679. The Balaban J connectivity index is 1.49. The fraction of sp³-hybridized carbons (Fsp3) is 0.556. The van der Waals surface area contributed by atoms with Crippen LogP contribution in [0.25, 0.3) is 0 Å². The Morgan fingerprint density at radius 2 is 1.73 bits per heavy atom. The van der Waals surface area contributed by atoms with Crippen molar-refractivity contribution in [3.8, 4) is 0 Å². The van der Waals surface area contributed by atoms with Gasteiger partial charge in [0.05, 0.1) is 17.5 Å². The number of amides is 2. The number of carbonyl (C=O) groups excluding carboxylic acids is 2. The first-order valence-corrected chi connectivity index (χ1v) is 10.9. The van der Waals surface area contributed by atoms with Crippen molar-refractivity contribution in [2.75, 3.05) is 36.5 Å². The highest BCUT2D eigenvalue weighted by Gasteiger charge is 2.49. The minimum Gasteiger partial charge on any atom is -0.328 e. The molecule has 7 nitrogen and oxygen atoms in total. The van der Waals surface area contributed by atoms with E-state index in [4.69, 9.17) is 0 Å². The second kappa shape index (κ2) is 6.66. The van der Waals surface area contributed by atoms with Crippen molar-refractivity contribution in [3.63, 3.8) is 0 Å². The number of piperazine rings is 1. The first kappa shape index (κ1) is 17.5. The normalized spacial score (nSPS) is 27.8. The van der Waals surface area contributed by atoms with Crippen LogP contribution in [-0.2, 0) is 19.4 Å². The summed E-state index contributed by atoms with van der Waals surface area (Å²) in [6.45, 7) is 1.91. The van der Waals surface area contributed by atoms with Gasteiger partial charge in [-0.3, -0.25) is 14.5 Å². The molecule has 1 N–H and O–H groups in total. The number of benzene rings is 1. The molecule has 1 aliphatic carbocycles. The molecule has 2 amide bonds. The molecule has 0 aromatic heterocycles. The third-order valence-corrected chi connectivity index (χ3v) is 7.17. The van der Waals surface area contributed by atoms with Crippen molar-refractivity contribution in [2.24, 2.45) is 5.92 Å². The zero-order valence-electron chi connectivity index (χ0n) is 14.5. The van der Waals surface area contributed by atoms with Gasteiger partial charge in [-0.2, -0.15) is 0 Å². The van der Waals surface area contributed by atoms with Crippen molar-refractivity contribution in [1.29, 1.82) is 0 Å². The Bertz CT molecular complexity index is 807. The molecular formula is C18H23N3O4S. The maximum absolute atomic E-state index is 12.7. The van der Waals surface area contributed by atoms with E-state index >= 15 is 0 Å². The van der Waals surface area contributed by atoms with E-state index in [0.29, 0.717) is 24.7 Å². The van der Waals surface area contributed by atoms with Crippen molar-refractivity contribution in [2.45, 2.75) is 24.9 Å². The Morgan fingerprint density at radius 1 is 1.04 bits per heavy atom. The average molecular weight is 377 g/mol. The highest BCUT2D eigenvalue weighted by Crippen LogP contribution is 2.34. The van der Waals surface area contributed by atoms with Gasteiger partial charge in [0.2, 0.25) is 0 Å². The second-order valence-electron chi connectivity index (χ2n) is 7.47. The van der Waals surface area contributed by atoms with E-state index in [9.17, 15) is 18.0 Å². The molecule has 2 saturated heterocycles. The summed E-state index contributed by atoms with van der Waals surface area (Å²) in [6, 6.07) is 8.17. The van der Waals surface area contributed by atoms with Crippen LogP contribution >= 0.6 is 0 Å². The van der Waals surface area contributed by atoms with Gasteiger partial charge in [0.1, 0.15) is 0 Å². The molecule has 8 heteroatoms. The van der Waals surface area contributed by atoms with E-state index in [0.717, 1.165) is 6.54 Å². The van der Waals surface area contributed by atoms with Crippen LogP contribution in [0.2, 0.25) is 0 Å². The number of fused-ring (bicyclic) bond motifs is 1. The van der Waals surface area contributed by atoms with Gasteiger partial charge in [-0.25, -0.2) is 8.42 Å². The summed E-state index contributed by atoms with van der Waals surface area (Å²) in [6.07, 6.45) is 2.39. The number of hydrogen-bond donors (Lipinski definition) is 1. The lowest BCUT2D eigenvalue weighted by molar-refractivity contribution is -0.147. The van der Waals surface area contributed by atoms with Crippen LogP contribution in [0.5, 0.6) is 0 Å². The van der Waals surface area contributed by atoms with Crippen LogP contribution in [-0.4, -0.2) is 73.3 Å². The zero-order chi connectivity index (χ0) is 18.3. The Hall–Kier alpha value is -1.93. The monoisotopic (exact) mass is 377 g/mol. The molecule has 0 unspecified atom stereocenters. The molecule has 0 spiro atoms. The van der Waals surface area contributed by atoms with E-state index in [1.807, 2.05) is 6.07 Å². The SMILES string of the molecule is O=C(Nc1ccccc1)C(=O)N1CCN(CC2CC2)[C@@H]2CS(=O)(=O)C[C@@H]21. The van der Waals surface area contributed by atoms with Gasteiger partial charge in [0.15, 0.2) is 9.84 Å². The topological polar surface area (TPSA) is 86.8 Å². The molecule has 3 fully saturated rings. The van der Waals surface area contributed by atoms with Crippen molar-refractivity contribution < 1.29 is 18.0 Å². The first-order chi connectivity index (χ1) is 12.4. The predicted molar refractivity (Wildman–Crippen MR) is 97.3 cm³/mol. The maximum atomic E-state index is 12.7. The number of sulfone groups is 1. The molecular weight excluding hydrogens is 354 g/mol. The van der Waals surface area contributed by atoms with E-state index < -0.39 is 27.7 Å². The van der Waals surface area contributed by atoms with E-state index in [2.05, 4.69) is 10.2 Å². The summed E-state index contributed by atoms with van der Waals surface area (Å²) < 4.78 is 24.4. The van der Waals surface area contributed by atoms with Gasteiger partial charge in [-0.15, -0.1) is 0 Å². The fourth-order valence-corrected chi connectivity index (χ4v) is 5.98. The van der Waals surface area contributed by atoms with Gasteiger partial charge in [0.25, 0.3) is 0 Å². The number of anilines is 1. The standard InChI is InChI=1S/C18H23N3O4S/c22-17(19-14-4-2-1-3-5-14)18(23)21-9-8-20(10-13-6-7-13)15-11-26(24,25)12-16(15)21/h1-5,13,15-16H,6-12H2,(H,19,22)/t15-,16+/m1/s1. The molecule has 140 valence electrons. The van der Waals surface area contributed by atoms with E-state index in [1.165, 1.54) is 17.7 Å². The van der Waals surface area contributed by atoms with Crippen LogP contribution in [0.4, 0.5) is 5.69 Å². The molecule has 0 radical (unpaired) electrons. The number of nitrogens with one attached hydrogen (secondary N) is 1. The Labute approximate surface area is 153 Å². The minimum absolute atomic E-state index is 0.0524. The quantitative estimate of drug-likeness (QED) is 0.768. The van der Waals surface area contributed by atoms with E-state index in [1.54, 1.807) is 24.3 Å². The molecule has 2 aliphatic heterocycles. The predicted octanol–water partition coefficient (Wildman–Crippen LogP) is 0.345. The van der Waals surface area contributed by atoms with Crippen LogP contribution in [0.3, 0.4) is 0 Å². The molecule has 1 aromatic rings. The number of nitrogens with zero attached hydrogens (tertiary/aromatic N) is 2. The van der Waals surface area contributed by atoms with Crippen molar-refractivity contribution in [3.05, 3.63) is 30.3 Å². The fourth-order valence-electron chi connectivity index (χ4n) is 3.97. The molecule has 0 bridgehead atoms. The zero-order valence-corrected chi connectivity index (χ0v) is 15.3. The molecule has 2 atom stereocenters. The summed E-state index contributed by atoms with van der Waals surface area (Å²) in [4.78, 5) is 28.7. The minimum atomic E-state index is -3.20. The maximum Gasteiger partial charge on any atom is 0.313 e. The Morgan fingerprint density at radius 3 is 2.42 bits per heavy atom. The smallest absolute Gasteiger partial charge is 0.313 e. The van der Waals surface area contributed by atoms with Crippen LogP contribution < -0.4 is 5.32 Å². The molecule has 26 heavy (non-hydrogen) atoms. The average Bonchev–Trinajstić information content (AvgIpc) is 3.35. The number of hydrogen-bond acceptors (Lipinski definition) is 5. The third-order valence-electron chi connectivity index (χ3n) is 5.47. The van der Waals surface area contributed by atoms with Crippen LogP contribution in [0.15, 0.2) is 30.3 Å². The molecule has 1 aromatic carbocycles. The van der Waals surface area contributed by atoms with E-state index in [-0.39, 0.29) is 17.5 Å². The lowest BCUT2D eigenvalue weighted by Crippen LogP contribution is -2.62. The highest BCUT2D eigenvalue weighted by atomic mass is 32.2.